The lowest BCUT2D eigenvalue weighted by Gasteiger charge is -2.22. The molecule has 0 N–H and O–H groups in total. The molecule has 0 radical (unpaired) electrons. The van der Waals surface area contributed by atoms with Gasteiger partial charge in [0.2, 0.25) is 0 Å². The molecule has 0 aliphatic heterocycles. The highest BCUT2D eigenvalue weighted by molar-refractivity contribution is 5.79. The van der Waals surface area contributed by atoms with Gasteiger partial charge in [0.15, 0.2) is 0 Å². The fourth-order valence-corrected chi connectivity index (χ4v) is 12.1. The van der Waals surface area contributed by atoms with Gasteiger partial charge in [0.1, 0.15) is 0 Å². The molecule has 470 valence electrons. The molecule has 0 amide bonds. The van der Waals surface area contributed by atoms with Crippen LogP contribution in [-0.4, -0.2) is 84.8 Å². The van der Waals surface area contributed by atoms with Gasteiger partial charge in [-0.3, -0.25) is 59.9 Å². The minimum atomic E-state index is 0.221. The zero-order valence-corrected chi connectivity index (χ0v) is 54.0. The molecule has 5 aliphatic carbocycles. The molecule has 0 saturated heterocycles. The first kappa shape index (κ1) is 67.0. The molecule has 3 unspecified atom stereocenters. The molecule has 2 bridgehead atoms. The molecule has 9 aromatic rings. The zero-order valence-electron chi connectivity index (χ0n) is 54.0. The summed E-state index contributed by atoms with van der Waals surface area (Å²) >= 11 is 0. The summed E-state index contributed by atoms with van der Waals surface area (Å²) in [5.74, 6) is 0.964. The molecular weight excluding hydrogens is 1130 g/mol. The topological polar surface area (TPSA) is 152 Å². The molecule has 92 heavy (non-hydrogen) atoms. The average Bonchev–Trinajstić information content (AvgIpc) is 1.71. The van der Waals surface area contributed by atoms with Crippen LogP contribution < -0.4 is 0 Å². The van der Waals surface area contributed by atoms with E-state index in [0.29, 0.717) is 29.7 Å². The van der Waals surface area contributed by atoms with Crippen molar-refractivity contribution in [3.8, 4) is 0 Å². The number of rotatable bonds is 14. The molecule has 0 spiro atoms. The van der Waals surface area contributed by atoms with Gasteiger partial charge in [-0.05, 0) is 204 Å². The largest absolute Gasteiger partial charge is 0.288 e. The van der Waals surface area contributed by atoms with E-state index >= 15 is 0 Å². The number of hydrogen-bond donors (Lipinski definition) is 0. The Morgan fingerprint density at radius 2 is 0.826 bits per heavy atom. The van der Waals surface area contributed by atoms with E-state index in [1.54, 1.807) is 31.0 Å². The van der Waals surface area contributed by atoms with Crippen LogP contribution in [0.2, 0.25) is 0 Å². The quantitative estimate of drug-likeness (QED) is 0.0989. The van der Waals surface area contributed by atoms with Crippen LogP contribution in [0.1, 0.15) is 191 Å². The molecule has 12 heteroatoms. The average molecular weight is 1220 g/mol. The second-order valence-corrected chi connectivity index (χ2v) is 24.1. The first-order valence-corrected chi connectivity index (χ1v) is 33.2. The summed E-state index contributed by atoms with van der Waals surface area (Å²) in [6.07, 6.45) is 42.1. The monoisotopic (exact) mass is 1220 g/mol. The van der Waals surface area contributed by atoms with Crippen molar-refractivity contribution in [1.82, 2.24) is 29.9 Å². The first-order valence-electron chi connectivity index (χ1n) is 33.2. The third kappa shape index (κ3) is 22.8. The van der Waals surface area contributed by atoms with E-state index in [9.17, 15) is 0 Å². The van der Waals surface area contributed by atoms with Gasteiger partial charge in [-0.15, -0.1) is 0 Å². The maximum Gasteiger partial charge on any atom is 0.0808 e. The van der Waals surface area contributed by atoms with Crippen LogP contribution in [0.5, 0.6) is 0 Å². The van der Waals surface area contributed by atoms with Crippen molar-refractivity contribution in [3.63, 3.8) is 0 Å². The molecule has 3 fully saturated rings. The van der Waals surface area contributed by atoms with Crippen LogP contribution in [0.15, 0.2) is 255 Å². The molecule has 14 rings (SSSR count). The van der Waals surface area contributed by atoms with Crippen molar-refractivity contribution in [1.29, 1.82) is 0 Å². The summed E-state index contributed by atoms with van der Waals surface area (Å²) in [6.45, 7) is 6.23. The van der Waals surface area contributed by atoms with Crippen molar-refractivity contribution in [2.45, 2.75) is 159 Å². The van der Waals surface area contributed by atoms with Crippen LogP contribution in [-0.2, 0) is 12.8 Å². The van der Waals surface area contributed by atoms with E-state index in [4.69, 9.17) is 9.98 Å². The molecule has 6 aromatic heterocycles. The second kappa shape index (κ2) is 37.7. The van der Waals surface area contributed by atoms with Crippen molar-refractivity contribution in [2.24, 2.45) is 35.9 Å². The van der Waals surface area contributed by atoms with E-state index in [0.717, 1.165) is 65.8 Å². The van der Waals surface area contributed by atoms with Crippen LogP contribution >= 0.6 is 0 Å². The fourth-order valence-electron chi connectivity index (χ4n) is 12.1. The third-order valence-electron chi connectivity index (χ3n) is 17.0. The zero-order chi connectivity index (χ0) is 63.5. The van der Waals surface area contributed by atoms with E-state index in [1.807, 2.05) is 185 Å². The Kier molecular flexibility index (Phi) is 27.4. The Bertz CT molecular complexity index is 3610. The van der Waals surface area contributed by atoms with Gasteiger partial charge >= 0.3 is 0 Å². The SMILES string of the molecule is C(=NC12CCC(CC1)C2)c1ccccn1.C(=NC1CCCCC1)c1ccccn1.C(=NC1CCCc2ccccc21)c1ccccn1.C(=NC1CCc2ccccc21)c1ccccn1.CC(C)N=Cc1ccccn1.CCC(N=Cc1ccccn1)c1ccccc1. The van der Waals surface area contributed by atoms with Gasteiger partial charge in [0.05, 0.1) is 63.9 Å². The molecule has 6 heterocycles. The highest BCUT2D eigenvalue weighted by Gasteiger charge is 2.44. The van der Waals surface area contributed by atoms with Crippen molar-refractivity contribution >= 4 is 37.3 Å². The van der Waals surface area contributed by atoms with Gasteiger partial charge in [0, 0.05) is 80.5 Å². The number of hydrogen-bond acceptors (Lipinski definition) is 12. The van der Waals surface area contributed by atoms with Crippen LogP contribution in [0, 0.1) is 5.92 Å². The first-order chi connectivity index (χ1) is 45.4. The van der Waals surface area contributed by atoms with E-state index < -0.39 is 0 Å². The lowest BCUT2D eigenvalue weighted by Crippen LogP contribution is -2.19. The highest BCUT2D eigenvalue weighted by Crippen LogP contribution is 2.50. The number of nitrogens with zero attached hydrogens (tertiary/aromatic N) is 12. The van der Waals surface area contributed by atoms with Crippen LogP contribution in [0.25, 0.3) is 0 Å². The fraction of sp³-hybridized carbons (Fsp3) is 0.325. The highest BCUT2D eigenvalue weighted by atomic mass is 14.9. The summed E-state index contributed by atoms with van der Waals surface area (Å²) in [4.78, 5) is 52.9. The van der Waals surface area contributed by atoms with Gasteiger partial charge in [-0.1, -0.05) is 141 Å². The summed E-state index contributed by atoms with van der Waals surface area (Å²) in [7, 11) is 0. The van der Waals surface area contributed by atoms with Gasteiger partial charge < -0.3 is 0 Å². The van der Waals surface area contributed by atoms with Crippen molar-refractivity contribution in [3.05, 3.63) is 287 Å². The molecular formula is C80H90N12. The standard InChI is InChI=1S/C16H16N2.C15H14N2.C15H16N2.C13H16N2.C12H16N2.C9H12N2/c1-2-9-15-13(6-1)7-5-10-16(15)18-12-14-8-3-4-11-17-14;1-2-7-14-12(5-1)8-9-15(14)17-11-13-6-3-4-10-16-13;1-2-15(13-8-4-3-5-9-13)17-12-14-10-6-7-11-16-14;1-2-8-14-12(3-1)10-15-13-6-4-11(9-13)5-7-13;1-2-6-11(7-3-1)14-10-12-8-4-5-9-13-12;1-8(2)11-7-9-5-3-4-6-10-9/h1-4,6,8-9,11-12,16H,5,7,10H2;1-7,10-11,15H,8-9H2;3-12,15H,2H2,1H3;1-3,8,10-11H,4-7,9H2;4-5,8-11H,1-3,6-7H2;3-8H,1-2H3. The number of fused-ring (bicyclic) bond motifs is 4. The smallest absolute Gasteiger partial charge is 0.0808 e. The summed E-state index contributed by atoms with van der Waals surface area (Å²) < 4.78 is 0. The molecule has 3 atom stereocenters. The maximum atomic E-state index is 4.80. The molecule has 5 aliphatic rings. The maximum absolute atomic E-state index is 4.80. The van der Waals surface area contributed by atoms with Crippen LogP contribution in [0.3, 0.4) is 0 Å². The number of aromatic nitrogens is 6. The summed E-state index contributed by atoms with van der Waals surface area (Å²) in [5, 5.41) is 0. The number of pyridine rings is 6. The molecule has 3 saturated carbocycles. The Balaban J connectivity index is 0.000000131. The lowest BCUT2D eigenvalue weighted by atomic mass is 9.88. The number of aryl methyl sites for hydroxylation is 2. The van der Waals surface area contributed by atoms with Gasteiger partial charge in [-0.2, -0.15) is 0 Å². The molecule has 3 aromatic carbocycles. The minimum absolute atomic E-state index is 0.221. The number of aliphatic imine (C=N–C) groups is 6. The van der Waals surface area contributed by atoms with Crippen molar-refractivity contribution < 1.29 is 0 Å². The lowest BCUT2D eigenvalue weighted by molar-refractivity contribution is 0.422. The van der Waals surface area contributed by atoms with E-state index in [1.165, 1.54) is 105 Å². The Labute approximate surface area is 546 Å². The summed E-state index contributed by atoms with van der Waals surface area (Å²) in [5.41, 5.74) is 12.8. The Morgan fingerprint density at radius 1 is 0.402 bits per heavy atom. The summed E-state index contributed by atoms with van der Waals surface area (Å²) in [6, 6.07) is 64.6. The predicted molar refractivity (Wildman–Crippen MR) is 381 cm³/mol. The third-order valence-corrected chi connectivity index (χ3v) is 17.0. The predicted octanol–water partition coefficient (Wildman–Crippen LogP) is 18.0. The van der Waals surface area contributed by atoms with Crippen LogP contribution in [0.4, 0.5) is 0 Å². The van der Waals surface area contributed by atoms with Gasteiger partial charge in [-0.25, -0.2) is 0 Å². The van der Waals surface area contributed by atoms with E-state index in [-0.39, 0.29) is 6.04 Å². The van der Waals surface area contributed by atoms with Gasteiger partial charge in [0.25, 0.3) is 0 Å². The minimum Gasteiger partial charge on any atom is -0.288 e. The molecule has 12 nitrogen and oxygen atoms in total. The Hall–Kier alpha value is -9.42. The normalized spacial score (nSPS) is 19.2. The van der Waals surface area contributed by atoms with E-state index in [2.05, 4.69) is 117 Å². The van der Waals surface area contributed by atoms with Crippen molar-refractivity contribution in [2.75, 3.05) is 0 Å². The Morgan fingerprint density at radius 3 is 1.28 bits per heavy atom. The second-order valence-electron chi connectivity index (χ2n) is 24.1. The number of benzene rings is 3.